The maximum atomic E-state index is 13.3. The highest BCUT2D eigenvalue weighted by molar-refractivity contribution is 5.76. The Labute approximate surface area is 174 Å². The Bertz CT molecular complexity index is 992. The lowest BCUT2D eigenvalue weighted by Gasteiger charge is -2.20. The molecule has 1 aliphatic rings. The Kier molecular flexibility index (Phi) is 6.32. The smallest absolute Gasteiger partial charge is 0.244 e. The van der Waals surface area contributed by atoms with E-state index in [0.717, 1.165) is 24.7 Å². The van der Waals surface area contributed by atoms with E-state index in [9.17, 15) is 9.18 Å². The third-order valence-corrected chi connectivity index (χ3v) is 5.56. The van der Waals surface area contributed by atoms with Crippen LogP contribution in [0.3, 0.4) is 0 Å². The van der Waals surface area contributed by atoms with Crippen molar-refractivity contribution in [3.05, 3.63) is 35.7 Å². The second-order valence-electron chi connectivity index (χ2n) is 7.85. The first kappa shape index (κ1) is 20.4. The summed E-state index contributed by atoms with van der Waals surface area (Å²) in [5.74, 6) is 1.07. The Morgan fingerprint density at radius 2 is 2.03 bits per heavy atom. The summed E-state index contributed by atoms with van der Waals surface area (Å²) in [5.41, 5.74) is 1.37. The highest BCUT2D eigenvalue weighted by Crippen LogP contribution is 2.14. The molecule has 1 saturated heterocycles. The Balaban J connectivity index is 1.31. The molecule has 1 fully saturated rings. The number of rotatable bonds is 7. The van der Waals surface area contributed by atoms with Crippen molar-refractivity contribution in [3.8, 4) is 0 Å². The van der Waals surface area contributed by atoms with Gasteiger partial charge < -0.3 is 9.88 Å². The van der Waals surface area contributed by atoms with Gasteiger partial charge in [-0.05, 0) is 54.6 Å². The average molecular weight is 414 g/mol. The molecule has 1 N–H and O–H groups in total. The second-order valence-corrected chi connectivity index (χ2v) is 7.85. The number of hydrogen-bond acceptors (Lipinski definition) is 6. The number of likely N-dealkylation sites (tertiary alicyclic amines) is 1. The van der Waals surface area contributed by atoms with Gasteiger partial charge in [0.2, 0.25) is 5.91 Å². The van der Waals surface area contributed by atoms with Crippen LogP contribution in [0.15, 0.2) is 18.2 Å². The first-order valence-corrected chi connectivity index (χ1v) is 10.4. The first-order valence-electron chi connectivity index (χ1n) is 10.4. The van der Waals surface area contributed by atoms with Crippen molar-refractivity contribution in [2.24, 2.45) is 0 Å². The third kappa shape index (κ3) is 4.99. The summed E-state index contributed by atoms with van der Waals surface area (Å²) < 4.78 is 14.9. The van der Waals surface area contributed by atoms with Gasteiger partial charge in [-0.25, -0.2) is 14.1 Å². The molecule has 0 unspecified atom stereocenters. The van der Waals surface area contributed by atoms with Crippen molar-refractivity contribution in [3.63, 3.8) is 0 Å². The summed E-state index contributed by atoms with van der Waals surface area (Å²) in [4.78, 5) is 24.2. The summed E-state index contributed by atoms with van der Waals surface area (Å²) in [6.07, 6.45) is 5.47. The summed E-state index contributed by atoms with van der Waals surface area (Å²) >= 11 is 0. The highest BCUT2D eigenvalue weighted by atomic mass is 19.1. The number of tetrazole rings is 1. The minimum Gasteiger partial charge on any atom is -0.344 e. The maximum Gasteiger partial charge on any atom is 0.244 e. The number of carbonyl (C=O) groups excluding carboxylic acids is 1. The van der Waals surface area contributed by atoms with E-state index in [4.69, 9.17) is 0 Å². The Morgan fingerprint density at radius 3 is 2.83 bits per heavy atom. The van der Waals surface area contributed by atoms with E-state index in [1.54, 1.807) is 22.7 Å². The number of aromatic nitrogens is 6. The molecule has 0 saturated carbocycles. The number of nitrogens with zero attached hydrogens (tertiary/aromatic N) is 7. The van der Waals surface area contributed by atoms with Crippen molar-refractivity contribution >= 4 is 16.9 Å². The van der Waals surface area contributed by atoms with Crippen LogP contribution < -0.4 is 0 Å². The average Bonchev–Trinajstić information content (AvgIpc) is 3.24. The fraction of sp³-hybridized carbons (Fsp3) is 0.550. The number of imidazole rings is 1. The van der Waals surface area contributed by atoms with Gasteiger partial charge in [0, 0.05) is 20.0 Å². The van der Waals surface area contributed by atoms with Gasteiger partial charge in [0.25, 0.3) is 0 Å². The molecular formula is C20H27FN8O. The number of likely N-dealkylation sites (N-methyl/N-ethyl adjacent to an activating group) is 1. The zero-order chi connectivity index (χ0) is 20.9. The van der Waals surface area contributed by atoms with E-state index in [-0.39, 0.29) is 18.3 Å². The van der Waals surface area contributed by atoms with Gasteiger partial charge in [0.15, 0.2) is 5.82 Å². The van der Waals surface area contributed by atoms with Crippen LogP contribution in [0.25, 0.3) is 11.0 Å². The fourth-order valence-corrected chi connectivity index (χ4v) is 3.75. The number of hydrogen-bond donors (Lipinski definition) is 1. The minimum atomic E-state index is -0.303. The predicted octanol–water partition coefficient (Wildman–Crippen LogP) is 1.77. The third-order valence-electron chi connectivity index (χ3n) is 5.56. The van der Waals surface area contributed by atoms with Crippen molar-refractivity contribution in [2.75, 3.05) is 26.7 Å². The molecule has 0 bridgehead atoms. The van der Waals surface area contributed by atoms with Crippen molar-refractivity contribution < 1.29 is 9.18 Å². The first-order chi connectivity index (χ1) is 14.6. The normalized spacial score (nSPS) is 15.4. The number of fused-ring (bicyclic) bond motifs is 1. The number of carbonyl (C=O) groups is 1. The molecule has 1 amide bonds. The number of aromatic amines is 1. The van der Waals surface area contributed by atoms with Crippen LogP contribution in [0.1, 0.15) is 37.3 Å². The molecule has 3 heterocycles. The number of amides is 1. The highest BCUT2D eigenvalue weighted by Gasteiger charge is 2.18. The number of benzene rings is 1. The van der Waals surface area contributed by atoms with Crippen molar-refractivity contribution in [1.29, 1.82) is 0 Å². The molecule has 0 spiro atoms. The van der Waals surface area contributed by atoms with Gasteiger partial charge in [0.05, 0.1) is 17.6 Å². The standard InChI is InChI=1S/C20H27FN8O/c1-27(11-8-18-22-16-7-6-15(21)12-17(16)23-18)20(30)14-29-19(24-25-26-29)13-28-9-4-2-3-5-10-28/h6-7,12H,2-5,8-11,13-14H2,1H3,(H,22,23). The molecule has 3 aromatic rings. The van der Waals surface area contributed by atoms with Crippen LogP contribution in [-0.2, 0) is 24.3 Å². The van der Waals surface area contributed by atoms with Crippen LogP contribution in [0.4, 0.5) is 4.39 Å². The molecule has 0 radical (unpaired) electrons. The van der Waals surface area contributed by atoms with Crippen LogP contribution >= 0.6 is 0 Å². The number of nitrogens with one attached hydrogen (secondary N) is 1. The van der Waals surface area contributed by atoms with E-state index < -0.39 is 0 Å². The molecule has 1 aromatic carbocycles. The predicted molar refractivity (Wildman–Crippen MR) is 109 cm³/mol. The molecule has 4 rings (SSSR count). The van der Waals surface area contributed by atoms with E-state index >= 15 is 0 Å². The van der Waals surface area contributed by atoms with Gasteiger partial charge in [-0.3, -0.25) is 9.69 Å². The van der Waals surface area contributed by atoms with Gasteiger partial charge in [-0.2, -0.15) is 0 Å². The Morgan fingerprint density at radius 1 is 1.23 bits per heavy atom. The molecule has 0 atom stereocenters. The molecule has 2 aromatic heterocycles. The number of H-pyrrole nitrogens is 1. The topological polar surface area (TPSA) is 95.8 Å². The zero-order valence-corrected chi connectivity index (χ0v) is 17.2. The van der Waals surface area contributed by atoms with Gasteiger partial charge in [0.1, 0.15) is 18.2 Å². The lowest BCUT2D eigenvalue weighted by Crippen LogP contribution is -2.33. The zero-order valence-electron chi connectivity index (χ0n) is 17.2. The van der Waals surface area contributed by atoms with E-state index in [1.807, 2.05) is 0 Å². The molecule has 0 aliphatic carbocycles. The Hall–Kier alpha value is -2.88. The van der Waals surface area contributed by atoms with Gasteiger partial charge in [-0.1, -0.05) is 12.8 Å². The van der Waals surface area contributed by atoms with Crippen LogP contribution in [0.5, 0.6) is 0 Å². The molecule has 30 heavy (non-hydrogen) atoms. The second kappa shape index (κ2) is 9.29. The monoisotopic (exact) mass is 414 g/mol. The van der Waals surface area contributed by atoms with E-state index in [2.05, 4.69) is 30.4 Å². The maximum absolute atomic E-state index is 13.3. The van der Waals surface area contributed by atoms with Crippen LogP contribution in [0, 0.1) is 5.82 Å². The van der Waals surface area contributed by atoms with Crippen molar-refractivity contribution in [2.45, 2.75) is 45.2 Å². The lowest BCUT2D eigenvalue weighted by atomic mass is 10.2. The molecule has 1 aliphatic heterocycles. The molecule has 160 valence electrons. The molecule has 10 heteroatoms. The lowest BCUT2D eigenvalue weighted by molar-refractivity contribution is -0.130. The van der Waals surface area contributed by atoms with Crippen molar-refractivity contribution in [1.82, 2.24) is 40.0 Å². The van der Waals surface area contributed by atoms with Gasteiger partial charge >= 0.3 is 0 Å². The quantitative estimate of drug-likeness (QED) is 0.633. The summed E-state index contributed by atoms with van der Waals surface area (Å²) in [5, 5.41) is 11.9. The summed E-state index contributed by atoms with van der Waals surface area (Å²) in [6, 6.07) is 4.45. The van der Waals surface area contributed by atoms with E-state index in [1.165, 1.54) is 37.8 Å². The van der Waals surface area contributed by atoms with E-state index in [0.29, 0.717) is 30.5 Å². The minimum absolute atomic E-state index is 0.0680. The summed E-state index contributed by atoms with van der Waals surface area (Å²) in [7, 11) is 1.75. The number of halogens is 1. The molecule has 9 nitrogen and oxygen atoms in total. The largest absolute Gasteiger partial charge is 0.344 e. The summed E-state index contributed by atoms with van der Waals surface area (Å²) in [6.45, 7) is 3.35. The SMILES string of the molecule is CN(CCc1nc2ccc(F)cc2[nH]1)C(=O)Cn1nnnc1CN1CCCCCC1. The van der Waals surface area contributed by atoms with Crippen LogP contribution in [0.2, 0.25) is 0 Å². The molecular weight excluding hydrogens is 387 g/mol. The fourth-order valence-electron chi connectivity index (χ4n) is 3.75. The van der Waals surface area contributed by atoms with Gasteiger partial charge in [-0.15, -0.1) is 5.10 Å². The van der Waals surface area contributed by atoms with Crippen LogP contribution in [-0.4, -0.2) is 72.6 Å².